The Labute approximate surface area is 93.0 Å². The summed E-state index contributed by atoms with van der Waals surface area (Å²) in [6.07, 6.45) is 2.36. The van der Waals surface area contributed by atoms with Gasteiger partial charge in [-0.25, -0.2) is 0 Å². The number of anilines is 1. The molecule has 0 bridgehead atoms. The Morgan fingerprint density at radius 2 is 2.44 bits per heavy atom. The molecule has 0 unspecified atom stereocenters. The van der Waals surface area contributed by atoms with Crippen LogP contribution in [-0.4, -0.2) is 22.1 Å². The van der Waals surface area contributed by atoms with E-state index in [1.165, 1.54) is 0 Å². The number of carbonyl (C=O) groups excluding carboxylic acids is 1. The summed E-state index contributed by atoms with van der Waals surface area (Å²) in [4.78, 5) is 11.6. The Balaban J connectivity index is 2.17. The van der Waals surface area contributed by atoms with Gasteiger partial charge in [-0.05, 0) is 24.6 Å². The number of benzene rings is 1. The highest BCUT2D eigenvalue weighted by atomic mass is 16.2. The van der Waals surface area contributed by atoms with Gasteiger partial charge in [0.05, 0.1) is 17.8 Å². The van der Waals surface area contributed by atoms with Crippen LogP contribution in [0.1, 0.15) is 13.3 Å². The van der Waals surface area contributed by atoms with Crippen LogP contribution in [0.15, 0.2) is 24.4 Å². The first-order valence-electron chi connectivity index (χ1n) is 5.20. The summed E-state index contributed by atoms with van der Waals surface area (Å²) >= 11 is 0. The average molecular weight is 218 g/mol. The Hall–Kier alpha value is -1.88. The number of H-pyrrole nitrogens is 1. The van der Waals surface area contributed by atoms with Gasteiger partial charge in [0.2, 0.25) is 5.91 Å². The zero-order chi connectivity index (χ0) is 11.5. The second-order valence-electron chi connectivity index (χ2n) is 3.68. The van der Waals surface area contributed by atoms with Crippen molar-refractivity contribution in [3.05, 3.63) is 24.4 Å². The lowest BCUT2D eigenvalue weighted by molar-refractivity contribution is -0.117. The highest BCUT2D eigenvalue weighted by molar-refractivity contribution is 5.96. The molecule has 1 amide bonds. The van der Waals surface area contributed by atoms with Crippen molar-refractivity contribution in [1.82, 2.24) is 10.2 Å². The summed E-state index contributed by atoms with van der Waals surface area (Å²) in [5.74, 6) is -0.165. The molecule has 0 saturated carbocycles. The molecule has 1 aromatic heterocycles. The van der Waals surface area contributed by atoms with Gasteiger partial charge in [-0.1, -0.05) is 6.92 Å². The second-order valence-corrected chi connectivity index (χ2v) is 3.68. The molecule has 0 fully saturated rings. The highest BCUT2D eigenvalue weighted by Gasteiger charge is 2.10. The van der Waals surface area contributed by atoms with Gasteiger partial charge in [0.1, 0.15) is 0 Å². The van der Waals surface area contributed by atoms with Crippen LogP contribution in [0.4, 0.5) is 5.69 Å². The summed E-state index contributed by atoms with van der Waals surface area (Å²) in [5, 5.41) is 10.5. The zero-order valence-corrected chi connectivity index (χ0v) is 9.03. The number of carbonyl (C=O) groups is 1. The van der Waals surface area contributed by atoms with E-state index in [2.05, 4.69) is 15.5 Å². The molecule has 0 spiro atoms. The fraction of sp³-hybridized carbons (Fsp3) is 0.273. The molecule has 1 aromatic carbocycles. The quantitative estimate of drug-likeness (QED) is 0.724. The van der Waals surface area contributed by atoms with Gasteiger partial charge < -0.3 is 11.1 Å². The number of fused-ring (bicyclic) bond motifs is 1. The molecule has 1 heterocycles. The predicted octanol–water partition coefficient (Wildman–Crippen LogP) is 1.24. The number of aromatic nitrogens is 2. The first kappa shape index (κ1) is 10.6. The van der Waals surface area contributed by atoms with E-state index in [1.54, 1.807) is 6.20 Å². The third-order valence-corrected chi connectivity index (χ3v) is 2.49. The lowest BCUT2D eigenvalue weighted by Gasteiger charge is -2.09. The van der Waals surface area contributed by atoms with E-state index in [0.717, 1.165) is 16.6 Å². The van der Waals surface area contributed by atoms with Gasteiger partial charge >= 0.3 is 0 Å². The topological polar surface area (TPSA) is 83.8 Å². The van der Waals surface area contributed by atoms with Crippen LogP contribution >= 0.6 is 0 Å². The van der Waals surface area contributed by atoms with Crippen molar-refractivity contribution < 1.29 is 4.79 Å². The molecular weight excluding hydrogens is 204 g/mol. The summed E-state index contributed by atoms with van der Waals surface area (Å²) in [7, 11) is 0. The van der Waals surface area contributed by atoms with E-state index in [-0.39, 0.29) is 5.91 Å². The molecule has 4 N–H and O–H groups in total. The minimum absolute atomic E-state index is 0.165. The van der Waals surface area contributed by atoms with E-state index in [9.17, 15) is 4.79 Å². The Morgan fingerprint density at radius 1 is 1.62 bits per heavy atom. The van der Waals surface area contributed by atoms with Crippen molar-refractivity contribution >= 4 is 22.5 Å². The standard InChI is InChI=1S/C11H14N4O/c1-2-9(12)11(16)14-8-4-3-7-6-13-15-10(7)5-8/h3-6,9H,2,12H2,1H3,(H,13,15)(H,14,16)/t9-/m1/s1. The third kappa shape index (κ3) is 2.04. The minimum Gasteiger partial charge on any atom is -0.325 e. The van der Waals surface area contributed by atoms with Crippen LogP contribution in [0.5, 0.6) is 0 Å². The largest absolute Gasteiger partial charge is 0.325 e. The van der Waals surface area contributed by atoms with Gasteiger partial charge in [-0.15, -0.1) is 0 Å². The molecule has 1 atom stereocenters. The fourth-order valence-corrected chi connectivity index (χ4v) is 1.44. The fourth-order valence-electron chi connectivity index (χ4n) is 1.44. The average Bonchev–Trinajstić information content (AvgIpc) is 2.75. The number of rotatable bonds is 3. The smallest absolute Gasteiger partial charge is 0.241 e. The van der Waals surface area contributed by atoms with Crippen LogP contribution in [-0.2, 0) is 4.79 Å². The first-order chi connectivity index (χ1) is 7.70. The lowest BCUT2D eigenvalue weighted by atomic mass is 10.2. The molecule has 5 heteroatoms. The second kappa shape index (κ2) is 4.32. The van der Waals surface area contributed by atoms with E-state index in [1.807, 2.05) is 25.1 Å². The van der Waals surface area contributed by atoms with Crippen molar-refractivity contribution in [1.29, 1.82) is 0 Å². The summed E-state index contributed by atoms with van der Waals surface area (Å²) in [6.45, 7) is 1.88. The number of hydrogen-bond donors (Lipinski definition) is 3. The molecule has 16 heavy (non-hydrogen) atoms. The van der Waals surface area contributed by atoms with Crippen molar-refractivity contribution in [2.45, 2.75) is 19.4 Å². The molecule has 2 rings (SSSR count). The maximum Gasteiger partial charge on any atom is 0.241 e. The molecular formula is C11H14N4O. The summed E-state index contributed by atoms with van der Waals surface area (Å²) in [5.41, 5.74) is 7.24. The molecule has 0 aliphatic heterocycles. The SMILES string of the molecule is CC[C@@H](N)C(=O)Nc1ccc2cn[nH]c2c1. The lowest BCUT2D eigenvalue weighted by Crippen LogP contribution is -2.34. The molecule has 0 radical (unpaired) electrons. The van der Waals surface area contributed by atoms with Gasteiger partial charge in [0, 0.05) is 11.1 Å². The van der Waals surface area contributed by atoms with Crippen molar-refractivity contribution in [3.63, 3.8) is 0 Å². The first-order valence-corrected chi connectivity index (χ1v) is 5.20. The number of aromatic amines is 1. The maximum atomic E-state index is 11.6. The third-order valence-electron chi connectivity index (χ3n) is 2.49. The molecule has 0 aliphatic carbocycles. The highest BCUT2D eigenvalue weighted by Crippen LogP contribution is 2.16. The molecule has 0 saturated heterocycles. The number of hydrogen-bond acceptors (Lipinski definition) is 3. The predicted molar refractivity (Wildman–Crippen MR) is 63.0 cm³/mol. The van der Waals surface area contributed by atoms with Gasteiger partial charge in [0.25, 0.3) is 0 Å². The van der Waals surface area contributed by atoms with Gasteiger partial charge in [-0.2, -0.15) is 5.10 Å². The zero-order valence-electron chi connectivity index (χ0n) is 9.03. The van der Waals surface area contributed by atoms with Crippen LogP contribution < -0.4 is 11.1 Å². The van der Waals surface area contributed by atoms with Crippen LogP contribution in [0.2, 0.25) is 0 Å². The van der Waals surface area contributed by atoms with Gasteiger partial charge in [0.15, 0.2) is 0 Å². The minimum atomic E-state index is -0.461. The molecule has 84 valence electrons. The molecule has 0 aliphatic rings. The molecule has 5 nitrogen and oxygen atoms in total. The number of nitrogens with one attached hydrogen (secondary N) is 2. The summed E-state index contributed by atoms with van der Waals surface area (Å²) in [6, 6.07) is 5.10. The Morgan fingerprint density at radius 3 is 3.19 bits per heavy atom. The van der Waals surface area contributed by atoms with E-state index in [4.69, 9.17) is 5.73 Å². The van der Waals surface area contributed by atoms with Crippen molar-refractivity contribution in [2.24, 2.45) is 5.73 Å². The monoisotopic (exact) mass is 218 g/mol. The summed E-state index contributed by atoms with van der Waals surface area (Å²) < 4.78 is 0. The number of amides is 1. The Bertz CT molecular complexity index is 505. The van der Waals surface area contributed by atoms with E-state index < -0.39 is 6.04 Å². The van der Waals surface area contributed by atoms with Gasteiger partial charge in [-0.3, -0.25) is 9.89 Å². The van der Waals surface area contributed by atoms with Crippen LogP contribution in [0.25, 0.3) is 10.9 Å². The Kier molecular flexibility index (Phi) is 2.87. The van der Waals surface area contributed by atoms with E-state index in [0.29, 0.717) is 6.42 Å². The number of nitrogens with two attached hydrogens (primary N) is 1. The van der Waals surface area contributed by atoms with E-state index >= 15 is 0 Å². The molecule has 2 aromatic rings. The van der Waals surface area contributed by atoms with Crippen LogP contribution in [0.3, 0.4) is 0 Å². The van der Waals surface area contributed by atoms with Crippen molar-refractivity contribution in [2.75, 3.05) is 5.32 Å². The normalized spacial score (nSPS) is 12.6. The number of nitrogens with zero attached hydrogens (tertiary/aromatic N) is 1. The van der Waals surface area contributed by atoms with Crippen LogP contribution in [0, 0.1) is 0 Å². The maximum absolute atomic E-state index is 11.6. The van der Waals surface area contributed by atoms with Crippen molar-refractivity contribution in [3.8, 4) is 0 Å².